The highest BCUT2D eigenvalue weighted by Crippen LogP contribution is 2.32. The molecule has 0 bridgehead atoms. The summed E-state index contributed by atoms with van der Waals surface area (Å²) in [6, 6.07) is 10.8. The van der Waals surface area contributed by atoms with Gasteiger partial charge in [0.2, 0.25) is 5.91 Å². The van der Waals surface area contributed by atoms with E-state index in [1.807, 2.05) is 23.5 Å². The smallest absolute Gasteiger partial charge is 0.234 e. The lowest BCUT2D eigenvalue weighted by molar-refractivity contribution is -0.123. The molecule has 2 atom stereocenters. The van der Waals surface area contributed by atoms with Crippen LogP contribution in [0.25, 0.3) is 0 Å². The lowest BCUT2D eigenvalue weighted by Crippen LogP contribution is -2.42. The van der Waals surface area contributed by atoms with Crippen molar-refractivity contribution in [2.24, 2.45) is 0 Å². The van der Waals surface area contributed by atoms with Crippen LogP contribution in [0.5, 0.6) is 0 Å². The normalized spacial score (nSPS) is 19.2. The summed E-state index contributed by atoms with van der Waals surface area (Å²) < 4.78 is 0. The maximum atomic E-state index is 12.5. The molecule has 0 saturated heterocycles. The van der Waals surface area contributed by atoms with Gasteiger partial charge in [-0.25, -0.2) is 0 Å². The van der Waals surface area contributed by atoms with Crippen molar-refractivity contribution in [1.82, 2.24) is 10.2 Å². The predicted molar refractivity (Wildman–Crippen MR) is 95.7 cm³/mol. The zero-order valence-corrected chi connectivity index (χ0v) is 14.8. The van der Waals surface area contributed by atoms with Crippen molar-refractivity contribution in [1.29, 1.82) is 0 Å². The second kappa shape index (κ2) is 6.85. The third-order valence-electron chi connectivity index (χ3n) is 4.78. The fourth-order valence-corrected chi connectivity index (χ4v) is 4.36. The molecule has 1 N–H and O–H groups in total. The minimum atomic E-state index is 0.0421. The van der Waals surface area contributed by atoms with E-state index in [-0.39, 0.29) is 11.9 Å². The highest BCUT2D eigenvalue weighted by Gasteiger charge is 2.26. The Bertz CT molecular complexity index is 694. The van der Waals surface area contributed by atoms with E-state index < -0.39 is 0 Å². The summed E-state index contributed by atoms with van der Waals surface area (Å²) in [6.07, 6.45) is 1.05. The molecule has 0 fully saturated rings. The average molecular weight is 328 g/mol. The maximum Gasteiger partial charge on any atom is 0.234 e. The van der Waals surface area contributed by atoms with Crippen LogP contribution < -0.4 is 5.32 Å². The van der Waals surface area contributed by atoms with Crippen LogP contribution in [0, 0.1) is 6.92 Å². The zero-order chi connectivity index (χ0) is 16.4. The van der Waals surface area contributed by atoms with Crippen molar-refractivity contribution in [2.45, 2.75) is 39.3 Å². The van der Waals surface area contributed by atoms with Crippen LogP contribution >= 0.6 is 11.3 Å². The number of nitrogens with one attached hydrogen (secondary N) is 1. The second-order valence-electron chi connectivity index (χ2n) is 6.34. The standard InChI is InChI=1S/C19H24N2OS/c1-13-6-4-5-7-16(13)14(2)20-19(22)12-21-10-8-18-17(15(21)3)9-11-23-18/h4-7,9,11,14-15H,8,10,12H2,1-3H3,(H,20,22)/t14-,15+/m1/s1. The van der Waals surface area contributed by atoms with Gasteiger partial charge >= 0.3 is 0 Å². The average Bonchev–Trinajstić information content (AvgIpc) is 3.00. The number of amides is 1. The first kappa shape index (κ1) is 16.2. The van der Waals surface area contributed by atoms with Crippen LogP contribution in [0.3, 0.4) is 0 Å². The quantitative estimate of drug-likeness (QED) is 0.924. The number of nitrogens with zero attached hydrogens (tertiary/aromatic N) is 1. The van der Waals surface area contributed by atoms with Crippen molar-refractivity contribution in [3.8, 4) is 0 Å². The molecule has 4 heteroatoms. The second-order valence-corrected chi connectivity index (χ2v) is 7.34. The van der Waals surface area contributed by atoms with Gasteiger partial charge in [0.05, 0.1) is 12.6 Å². The van der Waals surface area contributed by atoms with Gasteiger partial charge in [0, 0.05) is 17.5 Å². The summed E-state index contributed by atoms with van der Waals surface area (Å²) in [5, 5.41) is 5.30. The highest BCUT2D eigenvalue weighted by atomic mass is 32.1. The largest absolute Gasteiger partial charge is 0.348 e. The van der Waals surface area contributed by atoms with Crippen molar-refractivity contribution < 1.29 is 4.79 Å². The summed E-state index contributed by atoms with van der Waals surface area (Å²) in [4.78, 5) is 16.2. The van der Waals surface area contributed by atoms with E-state index in [4.69, 9.17) is 0 Å². The van der Waals surface area contributed by atoms with E-state index in [1.54, 1.807) is 0 Å². The molecular formula is C19H24N2OS. The molecule has 0 aliphatic carbocycles. The Kier molecular flexibility index (Phi) is 4.83. The topological polar surface area (TPSA) is 32.3 Å². The van der Waals surface area contributed by atoms with Crippen molar-refractivity contribution in [2.75, 3.05) is 13.1 Å². The summed E-state index contributed by atoms with van der Waals surface area (Å²) in [6.45, 7) is 7.76. The molecule has 3 nitrogen and oxygen atoms in total. The Morgan fingerprint density at radius 1 is 1.39 bits per heavy atom. The molecule has 1 aliphatic heterocycles. The van der Waals surface area contributed by atoms with Gasteiger partial charge in [0.15, 0.2) is 0 Å². The van der Waals surface area contributed by atoms with Gasteiger partial charge in [-0.2, -0.15) is 0 Å². The minimum absolute atomic E-state index is 0.0421. The molecule has 2 aromatic rings. The van der Waals surface area contributed by atoms with Crippen LogP contribution in [0.4, 0.5) is 0 Å². The number of fused-ring (bicyclic) bond motifs is 1. The number of aryl methyl sites for hydroxylation is 1. The lowest BCUT2D eigenvalue weighted by atomic mass is 10.0. The first-order chi connectivity index (χ1) is 11.1. The number of carbonyl (C=O) groups is 1. The Balaban J connectivity index is 1.61. The van der Waals surface area contributed by atoms with Crippen LogP contribution in [0.15, 0.2) is 35.7 Å². The molecule has 1 aromatic heterocycles. The summed E-state index contributed by atoms with van der Waals surface area (Å²) in [5.74, 6) is 0.103. The molecule has 0 unspecified atom stereocenters. The van der Waals surface area contributed by atoms with Gasteiger partial charge < -0.3 is 5.32 Å². The number of hydrogen-bond acceptors (Lipinski definition) is 3. The Morgan fingerprint density at radius 2 is 2.17 bits per heavy atom. The van der Waals surface area contributed by atoms with Gasteiger partial charge in [-0.15, -0.1) is 11.3 Å². The molecule has 23 heavy (non-hydrogen) atoms. The third-order valence-corrected chi connectivity index (χ3v) is 5.78. The van der Waals surface area contributed by atoms with Gasteiger partial charge in [0.25, 0.3) is 0 Å². The number of carbonyl (C=O) groups excluding carboxylic acids is 1. The summed E-state index contributed by atoms with van der Waals surface area (Å²) in [7, 11) is 0. The zero-order valence-electron chi connectivity index (χ0n) is 14.0. The number of thiophene rings is 1. The summed E-state index contributed by atoms with van der Waals surface area (Å²) in [5.41, 5.74) is 3.79. The van der Waals surface area contributed by atoms with Crippen LogP contribution in [0.1, 0.15) is 47.5 Å². The lowest BCUT2D eigenvalue weighted by Gasteiger charge is -2.33. The molecule has 2 heterocycles. The molecule has 1 amide bonds. The van der Waals surface area contributed by atoms with E-state index in [0.717, 1.165) is 13.0 Å². The minimum Gasteiger partial charge on any atom is -0.348 e. The van der Waals surface area contributed by atoms with Gasteiger partial charge in [-0.05, 0) is 55.3 Å². The highest BCUT2D eigenvalue weighted by molar-refractivity contribution is 7.10. The molecule has 0 spiro atoms. The van der Waals surface area contributed by atoms with E-state index in [9.17, 15) is 4.79 Å². The Hall–Kier alpha value is -1.65. The van der Waals surface area contributed by atoms with Crippen LogP contribution in [0.2, 0.25) is 0 Å². The summed E-state index contributed by atoms with van der Waals surface area (Å²) >= 11 is 1.83. The Labute approximate surface area is 142 Å². The van der Waals surface area contributed by atoms with Crippen molar-refractivity contribution in [3.63, 3.8) is 0 Å². The number of benzene rings is 1. The van der Waals surface area contributed by atoms with Crippen LogP contribution in [-0.2, 0) is 11.2 Å². The third kappa shape index (κ3) is 3.48. The molecule has 1 aromatic carbocycles. The molecule has 3 rings (SSSR count). The first-order valence-corrected chi connectivity index (χ1v) is 9.09. The van der Waals surface area contributed by atoms with Gasteiger partial charge in [-0.3, -0.25) is 9.69 Å². The fourth-order valence-electron chi connectivity index (χ4n) is 3.40. The molecule has 1 aliphatic rings. The van der Waals surface area contributed by atoms with Crippen molar-refractivity contribution in [3.05, 3.63) is 57.3 Å². The van der Waals surface area contributed by atoms with Crippen LogP contribution in [-0.4, -0.2) is 23.9 Å². The predicted octanol–water partition coefficient (Wildman–Crippen LogP) is 3.85. The Morgan fingerprint density at radius 3 is 2.96 bits per heavy atom. The SMILES string of the molecule is Cc1ccccc1[C@@H](C)NC(=O)CN1CCc2sccc2[C@@H]1C. The first-order valence-electron chi connectivity index (χ1n) is 8.21. The van der Waals surface area contributed by atoms with E-state index >= 15 is 0 Å². The monoisotopic (exact) mass is 328 g/mol. The maximum absolute atomic E-state index is 12.5. The molecule has 0 saturated carbocycles. The van der Waals surface area contributed by atoms with E-state index in [1.165, 1.54) is 21.6 Å². The fraction of sp³-hybridized carbons (Fsp3) is 0.421. The van der Waals surface area contributed by atoms with Gasteiger partial charge in [0.1, 0.15) is 0 Å². The number of rotatable bonds is 4. The van der Waals surface area contributed by atoms with E-state index in [0.29, 0.717) is 12.6 Å². The van der Waals surface area contributed by atoms with Crippen molar-refractivity contribution >= 4 is 17.2 Å². The van der Waals surface area contributed by atoms with Gasteiger partial charge in [-0.1, -0.05) is 24.3 Å². The molecular weight excluding hydrogens is 304 g/mol. The molecule has 122 valence electrons. The molecule has 0 radical (unpaired) electrons. The van der Waals surface area contributed by atoms with E-state index in [2.05, 4.69) is 54.6 Å². The number of hydrogen-bond donors (Lipinski definition) is 1.